The van der Waals surface area contributed by atoms with Crippen LogP contribution in [-0.4, -0.2) is 0 Å². The summed E-state index contributed by atoms with van der Waals surface area (Å²) < 4.78 is 2.28. The van der Waals surface area contributed by atoms with Gasteiger partial charge >= 0.3 is 0 Å². The third-order valence-electron chi connectivity index (χ3n) is 6.02. The van der Waals surface area contributed by atoms with Crippen LogP contribution in [-0.2, 0) is 33.6 Å². The maximum atomic E-state index is 3.71. The number of hydrogen-bond acceptors (Lipinski definition) is 0. The van der Waals surface area contributed by atoms with E-state index in [0.717, 1.165) is 8.95 Å². The average molecular weight is 771 g/mol. The number of rotatable bonds is 6. The van der Waals surface area contributed by atoms with Gasteiger partial charge in [0.2, 0.25) is 0 Å². The first-order valence-electron chi connectivity index (χ1n) is 12.4. The molecule has 0 aliphatic rings. The van der Waals surface area contributed by atoms with Crippen LogP contribution in [0.3, 0.4) is 0 Å². The molecular weight excluding hydrogens is 745 g/mol. The molecule has 40 heavy (non-hydrogen) atoms. The molecule has 6 aromatic rings. The summed E-state index contributed by atoms with van der Waals surface area (Å²) >= 11 is 7.31. The maximum Gasteiger partial charge on any atom is 0 e. The van der Waals surface area contributed by atoms with Gasteiger partial charge in [-0.15, -0.1) is 15.9 Å². The van der Waals surface area contributed by atoms with Crippen LogP contribution in [0, 0.1) is 0 Å². The van der Waals surface area contributed by atoms with E-state index < -0.39 is 15.8 Å². The Bertz CT molecular complexity index is 1450. The minimum Gasteiger partial charge on any atom is -0.747 e. The number of hydrogen-bond donors (Lipinski definition) is 0. The van der Waals surface area contributed by atoms with Crippen molar-refractivity contribution in [3.63, 3.8) is 0 Å². The van der Waals surface area contributed by atoms with Crippen LogP contribution < -0.4 is 31.8 Å². The van der Waals surface area contributed by atoms with E-state index >= 15 is 0 Å². The maximum absolute atomic E-state index is 3.71. The first-order chi connectivity index (χ1) is 18.7. The second kappa shape index (κ2) is 16.8. The van der Waals surface area contributed by atoms with Crippen LogP contribution in [0.1, 0.15) is 0 Å². The van der Waals surface area contributed by atoms with Crippen molar-refractivity contribution in [2.75, 3.05) is 0 Å². The molecule has 0 heterocycles. The summed E-state index contributed by atoms with van der Waals surface area (Å²) in [6, 6.07) is 56.0. The van der Waals surface area contributed by atoms with E-state index in [-0.39, 0.29) is 33.6 Å². The zero-order chi connectivity index (χ0) is 26.2. The number of halogens is 2. The Morgan fingerprint density at radius 1 is 0.550 bits per heavy atom. The van der Waals surface area contributed by atoms with Crippen molar-refractivity contribution in [1.82, 2.24) is 0 Å². The topological polar surface area (TPSA) is 0 Å². The van der Waals surface area contributed by atoms with E-state index in [1.165, 1.54) is 31.8 Å². The molecule has 6 heteroatoms. The third-order valence-corrected chi connectivity index (χ3v) is 13.3. The summed E-state index contributed by atoms with van der Waals surface area (Å²) in [5, 5.41) is 8.32. The Labute approximate surface area is 277 Å². The van der Waals surface area contributed by atoms with E-state index in [4.69, 9.17) is 0 Å². The van der Waals surface area contributed by atoms with Gasteiger partial charge in [0.05, 0.1) is 0 Å². The molecule has 0 saturated carbocycles. The minimum absolute atomic E-state index is 0. The molecule has 0 unspecified atom stereocenters. The fourth-order valence-electron chi connectivity index (χ4n) is 4.29. The van der Waals surface area contributed by atoms with Crippen molar-refractivity contribution in [2.24, 2.45) is 0 Å². The predicted octanol–water partition coefficient (Wildman–Crippen LogP) is 7.85. The van der Waals surface area contributed by atoms with Gasteiger partial charge in [-0.1, -0.05) is 165 Å². The van der Waals surface area contributed by atoms with E-state index in [1.54, 1.807) is 0 Å². The molecule has 0 bridgehead atoms. The zero-order valence-corrected chi connectivity index (χ0v) is 28.4. The fourth-order valence-corrected chi connectivity index (χ4v) is 10.2. The Morgan fingerprint density at radius 3 is 1.27 bits per heavy atom. The molecule has 0 nitrogen and oxygen atoms in total. The third kappa shape index (κ3) is 8.25. The quantitative estimate of drug-likeness (QED) is 0.0921. The van der Waals surface area contributed by atoms with E-state index in [9.17, 15) is 0 Å². The molecule has 0 spiro atoms. The minimum atomic E-state index is -0.523. The largest absolute Gasteiger partial charge is 0.747 e. The molecule has 0 atom stereocenters. The zero-order valence-electron chi connectivity index (χ0n) is 21.3. The Hall–Kier alpha value is -1.59. The van der Waals surface area contributed by atoms with Gasteiger partial charge in [0.1, 0.15) is 0 Å². The van der Waals surface area contributed by atoms with Gasteiger partial charge in [-0.25, -0.2) is 14.0 Å². The Balaban J connectivity index is 0.000000211. The molecule has 0 N–H and O–H groups in total. The van der Waals surface area contributed by atoms with Crippen molar-refractivity contribution in [2.45, 2.75) is 0 Å². The summed E-state index contributed by atoms with van der Waals surface area (Å²) in [6.45, 7) is 0. The van der Waals surface area contributed by atoms with Gasteiger partial charge in [-0.05, 0) is 10.6 Å². The summed E-state index contributed by atoms with van der Waals surface area (Å²) in [4.78, 5) is 0. The summed E-state index contributed by atoms with van der Waals surface area (Å²) in [6.07, 6.45) is 0. The molecule has 0 aliphatic heterocycles. The monoisotopic (exact) mass is 768 g/mol. The first kappa shape index (κ1) is 32.9. The molecule has 0 amide bonds. The van der Waals surface area contributed by atoms with E-state index in [1.807, 2.05) is 0 Å². The van der Waals surface area contributed by atoms with E-state index in [0.29, 0.717) is 0 Å². The molecule has 0 fully saturated rings. The van der Waals surface area contributed by atoms with Crippen LogP contribution in [0.4, 0.5) is 0 Å². The number of benzene rings is 4. The van der Waals surface area contributed by atoms with Gasteiger partial charge in [-0.3, -0.25) is 0 Å². The predicted molar refractivity (Wildman–Crippen MR) is 177 cm³/mol. The van der Waals surface area contributed by atoms with Crippen LogP contribution in [0.15, 0.2) is 167 Å². The fraction of sp³-hybridized carbons (Fsp3) is 0. The summed E-state index contributed by atoms with van der Waals surface area (Å²) in [7, 11) is -0.932. The van der Waals surface area contributed by atoms with Crippen LogP contribution in [0.25, 0.3) is 0 Å². The molecule has 0 radical (unpaired) electrons. The van der Waals surface area contributed by atoms with Crippen molar-refractivity contribution in [1.29, 1.82) is 0 Å². The smallest absolute Gasteiger partial charge is 0 e. The van der Waals surface area contributed by atoms with Gasteiger partial charge in [-0.2, -0.15) is 11.4 Å². The molecular formula is C34H26Br2FeNiP2-6. The van der Waals surface area contributed by atoms with Crippen LogP contribution >= 0.6 is 47.7 Å². The van der Waals surface area contributed by atoms with Crippen molar-refractivity contribution < 1.29 is 33.6 Å². The Kier molecular flexibility index (Phi) is 13.8. The first-order valence-corrected chi connectivity index (χ1v) is 16.6. The van der Waals surface area contributed by atoms with Crippen LogP contribution in [0.5, 0.6) is 0 Å². The van der Waals surface area contributed by atoms with Gasteiger partial charge in [0.15, 0.2) is 0 Å². The molecule has 6 rings (SSSR count). The van der Waals surface area contributed by atoms with Crippen molar-refractivity contribution in [3.05, 3.63) is 167 Å². The van der Waals surface area contributed by atoms with Crippen molar-refractivity contribution in [3.8, 4) is 0 Å². The van der Waals surface area contributed by atoms with Crippen molar-refractivity contribution >= 4 is 79.5 Å². The molecule has 210 valence electrons. The Morgan fingerprint density at radius 2 is 0.925 bits per heavy atom. The van der Waals surface area contributed by atoms with Gasteiger partial charge in [0, 0.05) is 33.6 Å². The molecule has 0 saturated heterocycles. The standard InChI is InChI=1S/C17H12Br2P.C17H14P.Fe.Ni/c18-15-11-12-16(17(15)19)20(13-7-3-1-4-8-13)14-9-5-2-6-10-14;1-3-9-15(10-4-1)18(17-13-7-8-14-17)16-11-5-2-6-12-16;;/h1-12H;1-14H;;/q-1;-5;;. The average Bonchev–Trinajstić information content (AvgIpc) is 3.63. The van der Waals surface area contributed by atoms with Crippen LogP contribution in [0.2, 0.25) is 0 Å². The van der Waals surface area contributed by atoms with Gasteiger partial charge < -0.3 is 29.6 Å². The summed E-state index contributed by atoms with van der Waals surface area (Å²) in [5.41, 5.74) is 0. The molecule has 0 aliphatic carbocycles. The second-order valence-corrected chi connectivity index (χ2v) is 14.6. The normalized spacial score (nSPS) is 10.3. The second-order valence-electron chi connectivity index (χ2n) is 8.54. The summed E-state index contributed by atoms with van der Waals surface area (Å²) in [5.74, 6) is 0. The SMILES string of the molecule is Brc1c(P(c2ccccc2)c2ccccc2)cc[c-]1Br.[Fe].[Ni].c1ccc(P(c2ccccc2)[c-]2[cH-][cH-][cH-][cH-]2)cc1. The van der Waals surface area contributed by atoms with Gasteiger partial charge in [0.25, 0.3) is 0 Å². The molecule has 6 aromatic carbocycles. The molecule has 0 aromatic heterocycles. The van der Waals surface area contributed by atoms with E-state index in [2.05, 4.69) is 190 Å².